The van der Waals surface area contributed by atoms with E-state index in [9.17, 15) is 9.59 Å². The van der Waals surface area contributed by atoms with Gasteiger partial charge in [0.25, 0.3) is 0 Å². The van der Waals surface area contributed by atoms with Crippen LogP contribution in [0.25, 0.3) is 0 Å². The molecule has 0 fully saturated rings. The molecular formula is C17H20N4O3S. The number of carbonyl (C=O) groups excluding carboxylic acids is 2. The molecule has 0 unspecified atom stereocenters. The van der Waals surface area contributed by atoms with Gasteiger partial charge in [0.1, 0.15) is 5.82 Å². The Morgan fingerprint density at radius 3 is 2.76 bits per heavy atom. The van der Waals surface area contributed by atoms with Gasteiger partial charge in [-0.05, 0) is 37.1 Å². The molecular weight excluding hydrogens is 340 g/mol. The minimum atomic E-state index is -0.402. The van der Waals surface area contributed by atoms with E-state index in [0.717, 1.165) is 36.8 Å². The van der Waals surface area contributed by atoms with Crippen LogP contribution in [0.15, 0.2) is 29.4 Å². The molecule has 1 aromatic heterocycles. The molecule has 0 saturated carbocycles. The van der Waals surface area contributed by atoms with Gasteiger partial charge in [0.2, 0.25) is 5.91 Å². The van der Waals surface area contributed by atoms with Gasteiger partial charge in [0.05, 0.1) is 18.4 Å². The summed E-state index contributed by atoms with van der Waals surface area (Å²) >= 11 is 1.39. The molecule has 1 aliphatic rings. The first-order valence-electron chi connectivity index (χ1n) is 8.20. The van der Waals surface area contributed by atoms with Crippen LogP contribution in [-0.4, -0.2) is 39.5 Å². The molecule has 1 N–H and O–H groups in total. The van der Waals surface area contributed by atoms with Gasteiger partial charge in [-0.15, -0.1) is 10.2 Å². The van der Waals surface area contributed by atoms with Crippen LogP contribution in [0.4, 0.5) is 5.69 Å². The van der Waals surface area contributed by atoms with Crippen molar-refractivity contribution in [3.05, 3.63) is 35.7 Å². The zero-order chi connectivity index (χ0) is 17.6. The predicted octanol–water partition coefficient (Wildman–Crippen LogP) is 2.52. The Hall–Kier alpha value is -2.35. The van der Waals surface area contributed by atoms with Crippen LogP contribution in [-0.2, 0) is 22.5 Å². The molecule has 2 heterocycles. The summed E-state index contributed by atoms with van der Waals surface area (Å²) in [5.74, 6) is 0.748. The smallest absolute Gasteiger partial charge is 0.337 e. The van der Waals surface area contributed by atoms with Crippen molar-refractivity contribution in [3.8, 4) is 0 Å². The molecule has 1 aliphatic heterocycles. The summed E-state index contributed by atoms with van der Waals surface area (Å²) in [4.78, 5) is 23.5. The largest absolute Gasteiger partial charge is 0.465 e. The number of carbonyl (C=O) groups is 2. The Morgan fingerprint density at radius 2 is 2.00 bits per heavy atom. The van der Waals surface area contributed by atoms with Crippen molar-refractivity contribution in [1.82, 2.24) is 14.8 Å². The molecule has 8 heteroatoms. The number of amides is 1. The van der Waals surface area contributed by atoms with E-state index in [-0.39, 0.29) is 11.7 Å². The number of methoxy groups -OCH3 is 1. The lowest BCUT2D eigenvalue weighted by Gasteiger charge is -2.07. The van der Waals surface area contributed by atoms with Crippen LogP contribution in [0.5, 0.6) is 0 Å². The van der Waals surface area contributed by atoms with Crippen molar-refractivity contribution in [2.45, 2.75) is 37.4 Å². The fraction of sp³-hybridized carbons (Fsp3) is 0.412. The number of hydrogen-bond donors (Lipinski definition) is 1. The molecule has 132 valence electrons. The highest BCUT2D eigenvalue weighted by atomic mass is 32.2. The van der Waals surface area contributed by atoms with Crippen molar-refractivity contribution in [2.75, 3.05) is 18.2 Å². The summed E-state index contributed by atoms with van der Waals surface area (Å²) in [7, 11) is 1.33. The monoisotopic (exact) mass is 360 g/mol. The topological polar surface area (TPSA) is 86.1 Å². The van der Waals surface area contributed by atoms with Crippen molar-refractivity contribution >= 4 is 29.3 Å². The van der Waals surface area contributed by atoms with Crippen molar-refractivity contribution < 1.29 is 14.3 Å². The number of anilines is 1. The Bertz CT molecular complexity index is 758. The quantitative estimate of drug-likeness (QED) is 0.651. The van der Waals surface area contributed by atoms with Crippen LogP contribution in [0.3, 0.4) is 0 Å². The SMILES string of the molecule is COC(=O)c1ccc(NC(=O)CSc2nnc3n2CCCCC3)cc1. The van der Waals surface area contributed by atoms with Crippen LogP contribution in [0.1, 0.15) is 35.4 Å². The lowest BCUT2D eigenvalue weighted by molar-refractivity contribution is -0.113. The average molecular weight is 360 g/mol. The number of aryl methyl sites for hydroxylation is 1. The van der Waals surface area contributed by atoms with Crippen LogP contribution in [0.2, 0.25) is 0 Å². The first-order valence-corrected chi connectivity index (χ1v) is 9.19. The normalized spacial score (nSPS) is 13.6. The van der Waals surface area contributed by atoms with Gasteiger partial charge in [0, 0.05) is 18.7 Å². The molecule has 0 atom stereocenters. The lowest BCUT2D eigenvalue weighted by atomic mass is 10.2. The number of nitrogens with zero attached hydrogens (tertiary/aromatic N) is 3. The Balaban J connectivity index is 1.55. The standard InChI is InChI=1S/C17H20N4O3S/c1-24-16(23)12-6-8-13(9-7-12)18-15(22)11-25-17-20-19-14-5-3-2-4-10-21(14)17/h6-9H,2-5,10-11H2,1H3,(H,18,22). The van der Waals surface area contributed by atoms with Crippen molar-refractivity contribution in [3.63, 3.8) is 0 Å². The van der Waals surface area contributed by atoms with E-state index in [0.29, 0.717) is 11.3 Å². The number of fused-ring (bicyclic) bond motifs is 1. The molecule has 1 amide bonds. The minimum Gasteiger partial charge on any atom is -0.465 e. The van der Waals surface area contributed by atoms with Crippen molar-refractivity contribution in [1.29, 1.82) is 0 Å². The summed E-state index contributed by atoms with van der Waals surface area (Å²) in [5.41, 5.74) is 1.08. The number of rotatable bonds is 5. The summed E-state index contributed by atoms with van der Waals surface area (Å²) in [6.45, 7) is 0.918. The molecule has 0 saturated heterocycles. The summed E-state index contributed by atoms with van der Waals surface area (Å²) < 4.78 is 6.77. The molecule has 25 heavy (non-hydrogen) atoms. The number of ether oxygens (including phenoxy) is 1. The van der Waals surface area contributed by atoms with Crippen molar-refractivity contribution in [2.24, 2.45) is 0 Å². The second-order valence-corrected chi connectivity index (χ2v) is 6.71. The Kier molecular flexibility index (Phi) is 5.70. The zero-order valence-corrected chi connectivity index (χ0v) is 14.8. The third-order valence-electron chi connectivity index (χ3n) is 4.00. The van der Waals surface area contributed by atoms with E-state index in [2.05, 4.69) is 24.8 Å². The molecule has 0 spiro atoms. The van der Waals surface area contributed by atoms with Gasteiger partial charge in [0.15, 0.2) is 5.16 Å². The maximum Gasteiger partial charge on any atom is 0.337 e. The molecule has 7 nitrogen and oxygen atoms in total. The van der Waals surface area contributed by atoms with E-state index < -0.39 is 5.97 Å². The van der Waals surface area contributed by atoms with E-state index in [1.54, 1.807) is 24.3 Å². The summed E-state index contributed by atoms with van der Waals surface area (Å²) in [6, 6.07) is 6.59. The third kappa shape index (κ3) is 4.39. The molecule has 0 aliphatic carbocycles. The van der Waals surface area contributed by atoms with Gasteiger partial charge in [-0.1, -0.05) is 18.2 Å². The fourth-order valence-electron chi connectivity index (χ4n) is 2.70. The first-order chi connectivity index (χ1) is 12.2. The van der Waals surface area contributed by atoms with Gasteiger partial charge in [-0.3, -0.25) is 4.79 Å². The fourth-order valence-corrected chi connectivity index (χ4v) is 3.48. The Morgan fingerprint density at radius 1 is 1.20 bits per heavy atom. The van der Waals surface area contributed by atoms with E-state index in [4.69, 9.17) is 0 Å². The predicted molar refractivity (Wildman–Crippen MR) is 94.7 cm³/mol. The second kappa shape index (κ2) is 8.15. The average Bonchev–Trinajstić information content (AvgIpc) is 2.86. The number of hydrogen-bond acceptors (Lipinski definition) is 6. The number of aromatic nitrogens is 3. The molecule has 2 aromatic rings. The molecule has 3 rings (SSSR count). The van der Waals surface area contributed by atoms with Crippen LogP contribution >= 0.6 is 11.8 Å². The number of esters is 1. The first kappa shape index (κ1) is 17.5. The van der Waals surface area contributed by atoms with Gasteiger partial charge >= 0.3 is 5.97 Å². The molecule has 0 bridgehead atoms. The Labute approximate surface area is 150 Å². The highest BCUT2D eigenvalue weighted by Crippen LogP contribution is 2.22. The molecule has 1 aromatic carbocycles. The highest BCUT2D eigenvalue weighted by Gasteiger charge is 2.16. The van der Waals surface area contributed by atoms with Gasteiger partial charge < -0.3 is 14.6 Å². The minimum absolute atomic E-state index is 0.123. The highest BCUT2D eigenvalue weighted by molar-refractivity contribution is 7.99. The third-order valence-corrected chi connectivity index (χ3v) is 4.96. The maximum atomic E-state index is 12.1. The second-order valence-electron chi connectivity index (χ2n) is 5.77. The van der Waals surface area contributed by atoms with E-state index >= 15 is 0 Å². The number of thioether (sulfide) groups is 1. The van der Waals surface area contributed by atoms with Crippen LogP contribution < -0.4 is 5.32 Å². The summed E-state index contributed by atoms with van der Waals surface area (Å²) in [6.07, 6.45) is 4.42. The van der Waals surface area contributed by atoms with Gasteiger partial charge in [-0.2, -0.15) is 0 Å². The van der Waals surface area contributed by atoms with E-state index in [1.807, 2.05) is 0 Å². The number of nitrogens with one attached hydrogen (secondary N) is 1. The van der Waals surface area contributed by atoms with Crippen LogP contribution in [0, 0.1) is 0 Å². The van der Waals surface area contributed by atoms with E-state index in [1.165, 1.54) is 25.3 Å². The maximum absolute atomic E-state index is 12.1. The van der Waals surface area contributed by atoms with Gasteiger partial charge in [-0.25, -0.2) is 4.79 Å². The number of benzene rings is 1. The lowest BCUT2D eigenvalue weighted by Crippen LogP contribution is -2.15. The summed E-state index contributed by atoms with van der Waals surface area (Å²) in [5, 5.41) is 12.0. The zero-order valence-electron chi connectivity index (χ0n) is 14.0. The molecule has 0 radical (unpaired) electrons.